The molecular formula is C9H14FN3. The van der Waals surface area contributed by atoms with Gasteiger partial charge in [-0.2, -0.15) is 0 Å². The van der Waals surface area contributed by atoms with Gasteiger partial charge in [0.15, 0.2) is 11.6 Å². The molecule has 0 radical (unpaired) electrons. The number of rotatable bonds is 4. The molecule has 72 valence electrons. The van der Waals surface area contributed by atoms with E-state index in [-0.39, 0.29) is 5.82 Å². The summed E-state index contributed by atoms with van der Waals surface area (Å²) in [7, 11) is 1.66. The fourth-order valence-electron chi connectivity index (χ4n) is 1.05. The Morgan fingerprint density at radius 2 is 2.31 bits per heavy atom. The number of pyridine rings is 1. The summed E-state index contributed by atoms with van der Waals surface area (Å²) in [5.74, 6) is 0.0290. The van der Waals surface area contributed by atoms with Crippen LogP contribution in [0.5, 0.6) is 0 Å². The lowest BCUT2D eigenvalue weighted by atomic mass is 10.2. The number of hydrogen-bond donors (Lipinski definition) is 2. The molecule has 0 saturated heterocycles. The van der Waals surface area contributed by atoms with E-state index in [9.17, 15) is 4.39 Å². The van der Waals surface area contributed by atoms with Crippen molar-refractivity contribution in [3.8, 4) is 0 Å². The molecule has 0 aliphatic rings. The van der Waals surface area contributed by atoms with Gasteiger partial charge in [-0.05, 0) is 12.6 Å². The third kappa shape index (κ3) is 2.39. The molecule has 0 unspecified atom stereocenters. The van der Waals surface area contributed by atoms with Crippen LogP contribution in [0.25, 0.3) is 0 Å². The Kier molecular flexibility index (Phi) is 3.64. The number of nitrogens with one attached hydrogen (secondary N) is 2. The van der Waals surface area contributed by atoms with Crippen LogP contribution in [0.2, 0.25) is 0 Å². The van der Waals surface area contributed by atoms with Crippen LogP contribution in [0, 0.1) is 5.82 Å². The maximum absolute atomic E-state index is 13.4. The second kappa shape index (κ2) is 4.77. The quantitative estimate of drug-likeness (QED) is 0.740. The lowest BCUT2D eigenvalue weighted by molar-refractivity contribution is 0.591. The maximum Gasteiger partial charge on any atom is 0.169 e. The summed E-state index contributed by atoms with van der Waals surface area (Å²) in [4.78, 5) is 3.85. The summed E-state index contributed by atoms with van der Waals surface area (Å²) in [6, 6.07) is 1.68. The van der Waals surface area contributed by atoms with E-state index in [1.165, 1.54) is 0 Å². The zero-order valence-electron chi connectivity index (χ0n) is 7.89. The van der Waals surface area contributed by atoms with Gasteiger partial charge in [-0.3, -0.25) is 0 Å². The minimum atomic E-state index is -0.272. The van der Waals surface area contributed by atoms with Crippen molar-refractivity contribution < 1.29 is 4.39 Å². The normalized spacial score (nSPS) is 10.1. The Morgan fingerprint density at radius 3 is 2.92 bits per heavy atom. The van der Waals surface area contributed by atoms with Gasteiger partial charge in [0.05, 0.1) is 0 Å². The highest BCUT2D eigenvalue weighted by molar-refractivity contribution is 5.38. The van der Waals surface area contributed by atoms with Crippen LogP contribution in [0.15, 0.2) is 12.3 Å². The number of hydrogen-bond acceptors (Lipinski definition) is 3. The molecule has 1 aromatic rings. The molecule has 0 aliphatic heterocycles. The van der Waals surface area contributed by atoms with Gasteiger partial charge in [0, 0.05) is 25.4 Å². The van der Waals surface area contributed by atoms with Crippen molar-refractivity contribution in [3.05, 3.63) is 23.6 Å². The highest BCUT2D eigenvalue weighted by Gasteiger charge is 2.06. The van der Waals surface area contributed by atoms with Crippen molar-refractivity contribution in [2.45, 2.75) is 13.5 Å². The first-order chi connectivity index (χ1) is 6.29. The van der Waals surface area contributed by atoms with Crippen molar-refractivity contribution in [3.63, 3.8) is 0 Å². The number of anilines is 1. The van der Waals surface area contributed by atoms with Gasteiger partial charge in [0.25, 0.3) is 0 Å². The largest absolute Gasteiger partial charge is 0.371 e. The molecule has 0 aliphatic carbocycles. The molecule has 0 spiro atoms. The molecule has 0 bridgehead atoms. The SMILES string of the molecule is CCNCc1ccnc(NC)c1F. The molecule has 4 heteroatoms. The summed E-state index contributed by atoms with van der Waals surface area (Å²) < 4.78 is 13.4. The Hall–Kier alpha value is -1.16. The molecule has 13 heavy (non-hydrogen) atoms. The van der Waals surface area contributed by atoms with Crippen LogP contribution in [-0.4, -0.2) is 18.6 Å². The standard InChI is InChI=1S/C9H14FN3/c1-3-12-6-7-4-5-13-9(11-2)8(7)10/h4-5,12H,3,6H2,1-2H3,(H,11,13). The van der Waals surface area contributed by atoms with Crippen molar-refractivity contribution in [2.24, 2.45) is 0 Å². The molecule has 1 aromatic heterocycles. The molecule has 1 rings (SSSR count). The van der Waals surface area contributed by atoms with Crippen molar-refractivity contribution in [2.75, 3.05) is 18.9 Å². The topological polar surface area (TPSA) is 37.0 Å². The zero-order chi connectivity index (χ0) is 9.68. The Balaban J connectivity index is 2.81. The summed E-state index contributed by atoms with van der Waals surface area (Å²) in [6.45, 7) is 3.36. The highest BCUT2D eigenvalue weighted by Crippen LogP contribution is 2.13. The molecule has 0 amide bonds. The maximum atomic E-state index is 13.4. The second-order valence-electron chi connectivity index (χ2n) is 2.66. The average Bonchev–Trinajstić information content (AvgIpc) is 2.16. The molecule has 0 atom stereocenters. The number of aromatic nitrogens is 1. The predicted octanol–water partition coefficient (Wildman–Crippen LogP) is 1.37. The van der Waals surface area contributed by atoms with Crippen molar-refractivity contribution in [1.82, 2.24) is 10.3 Å². The molecule has 1 heterocycles. The van der Waals surface area contributed by atoms with Crippen LogP contribution >= 0.6 is 0 Å². The molecule has 0 aromatic carbocycles. The van der Waals surface area contributed by atoms with Crippen LogP contribution in [0.1, 0.15) is 12.5 Å². The Labute approximate surface area is 77.4 Å². The van der Waals surface area contributed by atoms with Crippen LogP contribution < -0.4 is 10.6 Å². The summed E-state index contributed by atoms with van der Waals surface area (Å²) >= 11 is 0. The molecule has 3 nitrogen and oxygen atoms in total. The zero-order valence-corrected chi connectivity index (χ0v) is 7.89. The number of halogens is 1. The van der Waals surface area contributed by atoms with Crippen LogP contribution in [0.3, 0.4) is 0 Å². The molecule has 2 N–H and O–H groups in total. The monoisotopic (exact) mass is 183 g/mol. The lowest BCUT2D eigenvalue weighted by Gasteiger charge is -2.06. The van der Waals surface area contributed by atoms with E-state index in [1.54, 1.807) is 19.3 Å². The van der Waals surface area contributed by atoms with Gasteiger partial charge < -0.3 is 10.6 Å². The van der Waals surface area contributed by atoms with E-state index in [0.29, 0.717) is 17.9 Å². The first-order valence-corrected chi connectivity index (χ1v) is 4.31. The molecule has 0 saturated carbocycles. The van der Waals surface area contributed by atoms with E-state index in [0.717, 1.165) is 6.54 Å². The van der Waals surface area contributed by atoms with Gasteiger partial charge in [0.2, 0.25) is 0 Å². The van der Waals surface area contributed by atoms with E-state index in [2.05, 4.69) is 15.6 Å². The average molecular weight is 183 g/mol. The predicted molar refractivity (Wildman–Crippen MR) is 51.1 cm³/mol. The fraction of sp³-hybridized carbons (Fsp3) is 0.444. The summed E-state index contributed by atoms with van der Waals surface area (Å²) in [5.41, 5.74) is 0.640. The van der Waals surface area contributed by atoms with Crippen LogP contribution in [0.4, 0.5) is 10.2 Å². The molecular weight excluding hydrogens is 169 g/mol. The number of nitrogens with zero attached hydrogens (tertiary/aromatic N) is 1. The van der Waals surface area contributed by atoms with Gasteiger partial charge >= 0.3 is 0 Å². The van der Waals surface area contributed by atoms with Crippen LogP contribution in [-0.2, 0) is 6.54 Å². The minimum Gasteiger partial charge on any atom is -0.371 e. The second-order valence-corrected chi connectivity index (χ2v) is 2.66. The fourth-order valence-corrected chi connectivity index (χ4v) is 1.05. The van der Waals surface area contributed by atoms with E-state index >= 15 is 0 Å². The van der Waals surface area contributed by atoms with E-state index in [1.807, 2.05) is 6.92 Å². The van der Waals surface area contributed by atoms with Gasteiger partial charge in [-0.15, -0.1) is 0 Å². The summed E-state index contributed by atoms with van der Waals surface area (Å²) in [6.07, 6.45) is 1.60. The third-order valence-corrected chi connectivity index (χ3v) is 1.77. The first-order valence-electron chi connectivity index (χ1n) is 4.31. The first kappa shape index (κ1) is 9.92. The van der Waals surface area contributed by atoms with Gasteiger partial charge in [-0.1, -0.05) is 6.92 Å². The Morgan fingerprint density at radius 1 is 1.54 bits per heavy atom. The van der Waals surface area contributed by atoms with E-state index < -0.39 is 0 Å². The van der Waals surface area contributed by atoms with Crippen molar-refractivity contribution in [1.29, 1.82) is 0 Å². The minimum absolute atomic E-state index is 0.272. The Bertz CT molecular complexity index is 276. The van der Waals surface area contributed by atoms with E-state index in [4.69, 9.17) is 0 Å². The summed E-state index contributed by atoms with van der Waals surface area (Å²) in [5, 5.41) is 5.76. The van der Waals surface area contributed by atoms with Crippen molar-refractivity contribution >= 4 is 5.82 Å². The highest BCUT2D eigenvalue weighted by atomic mass is 19.1. The molecule has 0 fully saturated rings. The lowest BCUT2D eigenvalue weighted by Crippen LogP contribution is -2.13. The smallest absolute Gasteiger partial charge is 0.169 e. The van der Waals surface area contributed by atoms with Gasteiger partial charge in [-0.25, -0.2) is 9.37 Å². The van der Waals surface area contributed by atoms with Gasteiger partial charge in [0.1, 0.15) is 0 Å². The third-order valence-electron chi connectivity index (χ3n) is 1.77.